The maximum atomic E-state index is 13.7. The van der Waals surface area contributed by atoms with Crippen molar-refractivity contribution in [2.24, 2.45) is 0 Å². The summed E-state index contributed by atoms with van der Waals surface area (Å²) in [4.78, 5) is 0. The molecule has 2 aromatic carbocycles. The first-order chi connectivity index (χ1) is 10.2. The lowest BCUT2D eigenvalue weighted by molar-refractivity contribution is 0.289. The van der Waals surface area contributed by atoms with Crippen LogP contribution in [0.1, 0.15) is 24.0 Å². The molecule has 0 radical (unpaired) electrons. The minimum absolute atomic E-state index is 0.281. The summed E-state index contributed by atoms with van der Waals surface area (Å²) < 4.78 is 20.1. The van der Waals surface area contributed by atoms with Crippen molar-refractivity contribution in [2.75, 3.05) is 0 Å². The summed E-state index contributed by atoms with van der Waals surface area (Å²) in [6.07, 6.45) is 2.53. The van der Waals surface area contributed by atoms with Crippen molar-refractivity contribution in [3.05, 3.63) is 63.9 Å². The SMILES string of the molecule is Fc1cc(Br)ccc1OCc1ccccc1CNC1CC1. The van der Waals surface area contributed by atoms with Gasteiger partial charge >= 0.3 is 0 Å². The molecule has 0 aromatic heterocycles. The van der Waals surface area contributed by atoms with Crippen molar-refractivity contribution in [1.29, 1.82) is 0 Å². The van der Waals surface area contributed by atoms with E-state index in [9.17, 15) is 4.39 Å². The zero-order valence-corrected chi connectivity index (χ0v) is 13.2. The molecule has 0 aliphatic heterocycles. The van der Waals surface area contributed by atoms with Crippen LogP contribution >= 0.6 is 15.9 Å². The largest absolute Gasteiger partial charge is 0.486 e. The molecule has 1 fully saturated rings. The molecular formula is C17H17BrFNO. The van der Waals surface area contributed by atoms with E-state index in [1.54, 1.807) is 12.1 Å². The lowest BCUT2D eigenvalue weighted by Crippen LogP contribution is -2.16. The topological polar surface area (TPSA) is 21.3 Å². The Labute approximate surface area is 132 Å². The van der Waals surface area contributed by atoms with Gasteiger partial charge in [-0.05, 0) is 42.2 Å². The number of ether oxygens (including phenoxy) is 1. The standard InChI is InChI=1S/C17H17BrFNO/c18-14-5-8-17(16(19)9-14)21-11-13-4-2-1-3-12(13)10-20-15-6-7-15/h1-5,8-9,15,20H,6-7,10-11H2. The molecule has 2 aromatic rings. The summed E-state index contributed by atoms with van der Waals surface area (Å²) in [5, 5.41) is 3.49. The smallest absolute Gasteiger partial charge is 0.166 e. The molecule has 1 N–H and O–H groups in total. The Hall–Kier alpha value is -1.39. The average molecular weight is 350 g/mol. The highest BCUT2D eigenvalue weighted by molar-refractivity contribution is 9.10. The van der Waals surface area contributed by atoms with E-state index in [0.717, 1.165) is 12.1 Å². The first-order valence-corrected chi connectivity index (χ1v) is 7.89. The van der Waals surface area contributed by atoms with Crippen LogP contribution in [0.15, 0.2) is 46.9 Å². The Morgan fingerprint density at radius 1 is 1.14 bits per heavy atom. The highest BCUT2D eigenvalue weighted by Gasteiger charge is 2.20. The zero-order valence-electron chi connectivity index (χ0n) is 11.6. The summed E-state index contributed by atoms with van der Waals surface area (Å²) in [6, 6.07) is 13.6. The van der Waals surface area contributed by atoms with Gasteiger partial charge in [0, 0.05) is 17.1 Å². The van der Waals surface area contributed by atoms with Gasteiger partial charge in [0.25, 0.3) is 0 Å². The molecule has 0 bridgehead atoms. The number of hydrogen-bond acceptors (Lipinski definition) is 2. The van der Waals surface area contributed by atoms with Crippen molar-refractivity contribution in [3.63, 3.8) is 0 Å². The summed E-state index contributed by atoms with van der Waals surface area (Å²) >= 11 is 3.24. The van der Waals surface area contributed by atoms with Crippen molar-refractivity contribution >= 4 is 15.9 Å². The summed E-state index contributed by atoms with van der Waals surface area (Å²) in [7, 11) is 0. The van der Waals surface area contributed by atoms with Gasteiger partial charge in [-0.25, -0.2) is 4.39 Å². The molecule has 0 spiro atoms. The molecule has 4 heteroatoms. The van der Waals surface area contributed by atoms with Gasteiger partial charge in [-0.3, -0.25) is 0 Å². The summed E-state index contributed by atoms with van der Waals surface area (Å²) in [5.74, 6) is -0.0684. The predicted octanol–water partition coefficient (Wildman–Crippen LogP) is 4.42. The molecule has 0 saturated heterocycles. The van der Waals surface area contributed by atoms with Crippen molar-refractivity contribution in [3.8, 4) is 5.75 Å². The molecule has 110 valence electrons. The van der Waals surface area contributed by atoms with E-state index >= 15 is 0 Å². The summed E-state index contributed by atoms with van der Waals surface area (Å²) in [6.45, 7) is 1.22. The van der Waals surface area contributed by atoms with Crippen LogP contribution in [0, 0.1) is 5.82 Å². The highest BCUT2D eigenvalue weighted by atomic mass is 79.9. The third kappa shape index (κ3) is 4.05. The first-order valence-electron chi connectivity index (χ1n) is 7.10. The van der Waals surface area contributed by atoms with E-state index < -0.39 is 0 Å². The van der Waals surface area contributed by atoms with Crippen LogP contribution in [0.3, 0.4) is 0 Å². The highest BCUT2D eigenvalue weighted by Crippen LogP contribution is 2.23. The number of hydrogen-bond donors (Lipinski definition) is 1. The van der Waals surface area contributed by atoms with Gasteiger partial charge in [0.05, 0.1) is 0 Å². The van der Waals surface area contributed by atoms with Crippen LogP contribution in [0.4, 0.5) is 4.39 Å². The van der Waals surface area contributed by atoms with Crippen LogP contribution in [0.2, 0.25) is 0 Å². The minimum Gasteiger partial charge on any atom is -0.486 e. The first kappa shape index (κ1) is 14.5. The van der Waals surface area contributed by atoms with Gasteiger partial charge in [0.2, 0.25) is 0 Å². The normalized spacial score (nSPS) is 14.2. The molecule has 21 heavy (non-hydrogen) atoms. The van der Waals surface area contributed by atoms with Crippen LogP contribution in [-0.2, 0) is 13.2 Å². The minimum atomic E-state index is -0.349. The van der Waals surface area contributed by atoms with E-state index in [0.29, 0.717) is 17.1 Å². The van der Waals surface area contributed by atoms with Crippen LogP contribution in [0.5, 0.6) is 5.75 Å². The number of benzene rings is 2. The quantitative estimate of drug-likeness (QED) is 0.833. The maximum absolute atomic E-state index is 13.7. The fraction of sp³-hybridized carbons (Fsp3) is 0.294. The number of halogens is 2. The molecule has 1 aliphatic rings. The lowest BCUT2D eigenvalue weighted by atomic mass is 10.1. The van der Waals surface area contributed by atoms with Gasteiger partial charge < -0.3 is 10.1 Å². The Morgan fingerprint density at radius 3 is 2.62 bits per heavy atom. The van der Waals surface area contributed by atoms with Gasteiger partial charge in [0.15, 0.2) is 11.6 Å². The fourth-order valence-electron chi connectivity index (χ4n) is 2.16. The molecule has 1 aliphatic carbocycles. The van der Waals surface area contributed by atoms with Crippen LogP contribution in [0.25, 0.3) is 0 Å². The lowest BCUT2D eigenvalue weighted by Gasteiger charge is -2.12. The zero-order chi connectivity index (χ0) is 14.7. The van der Waals surface area contributed by atoms with Crippen LogP contribution in [-0.4, -0.2) is 6.04 Å². The van der Waals surface area contributed by atoms with Crippen molar-refractivity contribution in [2.45, 2.75) is 32.0 Å². The molecule has 1 saturated carbocycles. The van der Waals surface area contributed by atoms with Crippen LogP contribution < -0.4 is 10.1 Å². The molecule has 0 heterocycles. The number of rotatable bonds is 6. The van der Waals surface area contributed by atoms with Gasteiger partial charge in [-0.1, -0.05) is 40.2 Å². The van der Waals surface area contributed by atoms with Gasteiger partial charge in [0.1, 0.15) is 6.61 Å². The second-order valence-corrected chi connectivity index (χ2v) is 6.20. The number of nitrogens with one attached hydrogen (secondary N) is 1. The Kier molecular flexibility index (Phi) is 4.56. The Balaban J connectivity index is 1.66. The predicted molar refractivity (Wildman–Crippen MR) is 84.7 cm³/mol. The van der Waals surface area contributed by atoms with E-state index in [-0.39, 0.29) is 11.6 Å². The molecule has 3 rings (SSSR count). The third-order valence-electron chi connectivity index (χ3n) is 3.55. The fourth-order valence-corrected chi connectivity index (χ4v) is 2.49. The van der Waals surface area contributed by atoms with Crippen molar-refractivity contribution in [1.82, 2.24) is 5.32 Å². The monoisotopic (exact) mass is 349 g/mol. The van der Waals surface area contributed by atoms with E-state index in [2.05, 4.69) is 27.3 Å². The molecule has 0 amide bonds. The summed E-state index contributed by atoms with van der Waals surface area (Å²) in [5.41, 5.74) is 2.30. The van der Waals surface area contributed by atoms with E-state index in [1.807, 2.05) is 18.2 Å². The molecule has 0 unspecified atom stereocenters. The Bertz CT molecular complexity index is 628. The Morgan fingerprint density at radius 2 is 1.90 bits per heavy atom. The van der Waals surface area contributed by atoms with Crippen molar-refractivity contribution < 1.29 is 9.13 Å². The second-order valence-electron chi connectivity index (χ2n) is 5.29. The van der Waals surface area contributed by atoms with Gasteiger partial charge in [-0.2, -0.15) is 0 Å². The third-order valence-corrected chi connectivity index (χ3v) is 4.05. The molecular weight excluding hydrogens is 333 g/mol. The molecule has 2 nitrogen and oxygen atoms in total. The second kappa shape index (κ2) is 6.58. The maximum Gasteiger partial charge on any atom is 0.166 e. The average Bonchev–Trinajstić information content (AvgIpc) is 3.29. The molecule has 0 atom stereocenters. The van der Waals surface area contributed by atoms with E-state index in [1.165, 1.54) is 24.5 Å². The van der Waals surface area contributed by atoms with E-state index in [4.69, 9.17) is 4.74 Å². The van der Waals surface area contributed by atoms with Gasteiger partial charge in [-0.15, -0.1) is 0 Å².